The van der Waals surface area contributed by atoms with E-state index in [9.17, 15) is 4.79 Å². The largest absolute Gasteiger partial charge is 0.533 e. The van der Waals surface area contributed by atoms with Gasteiger partial charge in [0.05, 0.1) is 6.29 Å². The quantitative estimate of drug-likeness (QED) is 0.621. The zero-order valence-electron chi connectivity index (χ0n) is 5.04. The number of para-hydroxylation sites is 1. The van der Waals surface area contributed by atoms with E-state index in [-0.39, 0.29) is 31.7 Å². The minimum absolute atomic E-state index is 0. The molecule has 1 aromatic rings. The Morgan fingerprint density at radius 3 is 2.70 bits per heavy atom. The molecule has 0 saturated heterocycles. The predicted octanol–water partition coefficient (Wildman–Crippen LogP) is 1.00. The van der Waals surface area contributed by atoms with Crippen molar-refractivity contribution >= 4 is 6.29 Å². The van der Waals surface area contributed by atoms with Crippen LogP contribution in [0, 0.1) is 6.07 Å². The summed E-state index contributed by atoms with van der Waals surface area (Å²) in [4.78, 5) is 10.0. The molecular formula is C7H5O2Re-. The van der Waals surface area contributed by atoms with Gasteiger partial charge in [-0.3, -0.25) is 0 Å². The van der Waals surface area contributed by atoms with Gasteiger partial charge in [0.25, 0.3) is 0 Å². The molecule has 1 radical (unpaired) electrons. The van der Waals surface area contributed by atoms with Gasteiger partial charge in [0.2, 0.25) is 0 Å². The number of hydrogen-bond donors (Lipinski definition) is 1. The summed E-state index contributed by atoms with van der Waals surface area (Å²) in [6, 6.07) is 7.19. The molecule has 0 fully saturated rings. The summed E-state index contributed by atoms with van der Waals surface area (Å²) in [6.07, 6.45) is 0.589. The maximum atomic E-state index is 10.0. The number of carbonyl (C=O) groups is 1. The maximum Gasteiger partial charge on any atom is 0.0985 e. The second-order valence-corrected chi connectivity index (χ2v) is 1.59. The average molecular weight is 307 g/mol. The number of phenolic OH excluding ortho intramolecular Hbond substituents is 1. The summed E-state index contributed by atoms with van der Waals surface area (Å²) in [5, 5.41) is 8.82. The molecule has 0 amide bonds. The van der Waals surface area contributed by atoms with Crippen molar-refractivity contribution in [2.45, 2.75) is 0 Å². The molecule has 1 aromatic carbocycles. The molecule has 0 aliphatic carbocycles. The molecule has 0 unspecified atom stereocenters. The Bertz CT molecular complexity index is 223. The van der Waals surface area contributed by atoms with E-state index in [1.54, 1.807) is 12.1 Å². The Kier molecular flexibility index (Phi) is 3.94. The van der Waals surface area contributed by atoms with Gasteiger partial charge >= 0.3 is 0 Å². The van der Waals surface area contributed by atoms with Crippen LogP contribution < -0.4 is 0 Å². The third-order valence-electron chi connectivity index (χ3n) is 0.992. The van der Waals surface area contributed by atoms with E-state index in [2.05, 4.69) is 6.07 Å². The number of rotatable bonds is 1. The normalized spacial score (nSPS) is 8.00. The van der Waals surface area contributed by atoms with Crippen molar-refractivity contribution in [1.29, 1.82) is 0 Å². The van der Waals surface area contributed by atoms with Gasteiger partial charge in [-0.15, -0.1) is 6.07 Å². The average Bonchev–Trinajstić information content (AvgIpc) is 1.89. The minimum Gasteiger partial charge on any atom is -0.533 e. The second-order valence-electron chi connectivity index (χ2n) is 1.59. The van der Waals surface area contributed by atoms with Gasteiger partial charge in [0.15, 0.2) is 0 Å². The van der Waals surface area contributed by atoms with Gasteiger partial charge in [-0.1, -0.05) is 5.56 Å². The first-order valence-electron chi connectivity index (χ1n) is 2.49. The van der Waals surface area contributed by atoms with Crippen molar-refractivity contribution in [3.8, 4) is 5.75 Å². The SMILES string of the molecule is O=Cc1ccc[c-]c1O.[Re]. The Morgan fingerprint density at radius 1 is 1.60 bits per heavy atom. The Labute approximate surface area is 72.5 Å². The van der Waals surface area contributed by atoms with Crippen molar-refractivity contribution in [1.82, 2.24) is 0 Å². The first kappa shape index (κ1) is 9.35. The summed E-state index contributed by atoms with van der Waals surface area (Å²) in [7, 11) is 0. The molecule has 0 bridgehead atoms. The molecule has 0 spiro atoms. The van der Waals surface area contributed by atoms with Gasteiger partial charge in [-0.2, -0.15) is 18.2 Å². The summed E-state index contributed by atoms with van der Waals surface area (Å²) < 4.78 is 0. The second kappa shape index (κ2) is 4.21. The van der Waals surface area contributed by atoms with E-state index in [4.69, 9.17) is 5.11 Å². The number of aldehydes is 1. The van der Waals surface area contributed by atoms with Crippen molar-refractivity contribution in [2.24, 2.45) is 0 Å². The zero-order valence-corrected chi connectivity index (χ0v) is 7.76. The molecule has 10 heavy (non-hydrogen) atoms. The Balaban J connectivity index is 0.000000810. The first-order chi connectivity index (χ1) is 4.34. The number of benzene rings is 1. The van der Waals surface area contributed by atoms with E-state index in [0.29, 0.717) is 6.29 Å². The smallest absolute Gasteiger partial charge is 0.0985 e. The van der Waals surface area contributed by atoms with Crippen LogP contribution in [0.1, 0.15) is 10.4 Å². The fourth-order valence-electron chi connectivity index (χ4n) is 0.536. The predicted molar refractivity (Wildman–Crippen MR) is 32.3 cm³/mol. The third-order valence-corrected chi connectivity index (χ3v) is 0.992. The van der Waals surface area contributed by atoms with E-state index >= 15 is 0 Å². The maximum absolute atomic E-state index is 10.0. The van der Waals surface area contributed by atoms with Crippen molar-refractivity contribution in [3.05, 3.63) is 29.8 Å². The number of carbonyl (C=O) groups excluding carboxylic acids is 1. The van der Waals surface area contributed by atoms with Crippen LogP contribution in [0.2, 0.25) is 0 Å². The van der Waals surface area contributed by atoms with Crippen molar-refractivity contribution < 1.29 is 30.3 Å². The summed E-state index contributed by atoms with van der Waals surface area (Å²) in [6.45, 7) is 0. The Morgan fingerprint density at radius 2 is 2.30 bits per heavy atom. The summed E-state index contributed by atoms with van der Waals surface area (Å²) in [5.41, 5.74) is 0.275. The van der Waals surface area contributed by atoms with Crippen LogP contribution in [-0.2, 0) is 20.4 Å². The van der Waals surface area contributed by atoms with Gasteiger partial charge in [-0.25, -0.2) is 0 Å². The van der Waals surface area contributed by atoms with E-state index < -0.39 is 0 Å². The van der Waals surface area contributed by atoms with Crippen LogP contribution in [0.25, 0.3) is 0 Å². The molecule has 2 nitrogen and oxygen atoms in total. The summed E-state index contributed by atoms with van der Waals surface area (Å²) in [5.74, 6) is -0.0903. The third kappa shape index (κ3) is 1.94. The number of aromatic hydroxyl groups is 1. The van der Waals surface area contributed by atoms with E-state index in [1.165, 1.54) is 6.07 Å². The number of phenols is 1. The van der Waals surface area contributed by atoms with Crippen LogP contribution in [-0.4, -0.2) is 11.4 Å². The summed E-state index contributed by atoms with van der Waals surface area (Å²) >= 11 is 0. The molecule has 1 rings (SSSR count). The van der Waals surface area contributed by atoms with Crippen LogP contribution in [0.4, 0.5) is 0 Å². The van der Waals surface area contributed by atoms with Crippen LogP contribution in [0.15, 0.2) is 18.2 Å². The molecule has 3 heteroatoms. The first-order valence-corrected chi connectivity index (χ1v) is 2.49. The molecule has 0 saturated carbocycles. The molecule has 1 N–H and O–H groups in total. The van der Waals surface area contributed by atoms with Crippen LogP contribution >= 0.6 is 0 Å². The fraction of sp³-hybridized carbons (Fsp3) is 0. The van der Waals surface area contributed by atoms with Crippen molar-refractivity contribution in [2.75, 3.05) is 0 Å². The molecule has 0 aliphatic heterocycles. The van der Waals surface area contributed by atoms with Crippen LogP contribution in [0.3, 0.4) is 0 Å². The minimum atomic E-state index is -0.0903. The van der Waals surface area contributed by atoms with Crippen molar-refractivity contribution in [3.63, 3.8) is 0 Å². The van der Waals surface area contributed by atoms with Gasteiger partial charge in [0, 0.05) is 26.2 Å². The molecule has 0 aliphatic rings. The molecule has 0 atom stereocenters. The van der Waals surface area contributed by atoms with E-state index in [0.717, 1.165) is 0 Å². The zero-order chi connectivity index (χ0) is 6.69. The molecule has 0 heterocycles. The standard InChI is InChI=1S/C7H5O2.Re/c8-5-6-3-1-2-4-7(6)9;/h1-3,5,9H;/q-1;. The topological polar surface area (TPSA) is 37.3 Å². The van der Waals surface area contributed by atoms with Crippen LogP contribution in [0.5, 0.6) is 5.75 Å². The number of hydrogen-bond acceptors (Lipinski definition) is 2. The van der Waals surface area contributed by atoms with Gasteiger partial charge in [-0.05, 0) is 0 Å². The molecule has 0 aromatic heterocycles. The molecular weight excluding hydrogens is 302 g/mol. The Hall–Kier alpha value is -0.648. The van der Waals surface area contributed by atoms with Gasteiger partial charge in [0.1, 0.15) is 0 Å². The molecule has 53 valence electrons. The fourth-order valence-corrected chi connectivity index (χ4v) is 0.536. The monoisotopic (exact) mass is 308 g/mol. The van der Waals surface area contributed by atoms with Gasteiger partial charge < -0.3 is 9.90 Å². The van der Waals surface area contributed by atoms with E-state index in [1.807, 2.05) is 0 Å².